The molecule has 0 unspecified atom stereocenters. The third kappa shape index (κ3) is 3.15. The normalized spacial score (nSPS) is 10.7. The maximum atomic E-state index is 13.3. The molecule has 7 heteroatoms. The zero-order valence-corrected chi connectivity index (χ0v) is 8.84. The third-order valence-corrected chi connectivity index (χ3v) is 1.93. The Morgan fingerprint density at radius 3 is 2.65 bits per heavy atom. The van der Waals surface area contributed by atoms with E-state index in [1.54, 1.807) is 0 Å². The van der Waals surface area contributed by atoms with Gasteiger partial charge in [-0.15, -0.1) is 0 Å². The number of aromatic nitrogens is 1. The Bertz CT molecular complexity index is 423. The monoisotopic (exact) mass is 251 g/mol. The van der Waals surface area contributed by atoms with Crippen LogP contribution >= 0.6 is 0 Å². The number of nitrogens with zero attached hydrogens (tertiary/aromatic N) is 1. The number of ether oxygens (including phenoxy) is 1. The maximum absolute atomic E-state index is 13.3. The van der Waals surface area contributed by atoms with E-state index in [0.717, 1.165) is 0 Å². The molecule has 0 aliphatic rings. The molecule has 0 spiro atoms. The van der Waals surface area contributed by atoms with Gasteiger partial charge in [0.1, 0.15) is 5.69 Å². The molecule has 1 aromatic heterocycles. The molecule has 0 saturated carbocycles. The fourth-order valence-corrected chi connectivity index (χ4v) is 1.23. The number of carbonyl (C=O) groups is 1. The number of hydrogen-bond donors (Lipinski definition) is 0. The Morgan fingerprint density at radius 1 is 1.47 bits per heavy atom. The molecule has 1 aromatic rings. The predicted molar refractivity (Wildman–Crippen MR) is 49.4 cm³/mol. The molecule has 1 heterocycles. The van der Waals surface area contributed by atoms with E-state index in [4.69, 9.17) is 0 Å². The van der Waals surface area contributed by atoms with Crippen molar-refractivity contribution >= 4 is 5.97 Å². The highest BCUT2D eigenvalue weighted by atomic mass is 19.3. The van der Waals surface area contributed by atoms with Gasteiger partial charge in [-0.3, -0.25) is 9.78 Å². The molecule has 0 N–H and O–H groups in total. The number of hydrogen-bond acceptors (Lipinski definition) is 3. The number of alkyl halides is 2. The van der Waals surface area contributed by atoms with Crippen LogP contribution in [0.2, 0.25) is 0 Å². The average Bonchev–Trinajstić information content (AvgIpc) is 2.25. The number of esters is 1. The van der Waals surface area contributed by atoms with Gasteiger partial charge < -0.3 is 4.74 Å². The van der Waals surface area contributed by atoms with Crippen molar-refractivity contribution in [2.24, 2.45) is 0 Å². The fraction of sp³-hybridized carbons (Fsp3) is 0.400. The minimum Gasteiger partial charge on any atom is -0.466 e. The smallest absolute Gasteiger partial charge is 0.310 e. The lowest BCUT2D eigenvalue weighted by Crippen LogP contribution is -2.13. The molecular formula is C10H9F4NO2. The van der Waals surface area contributed by atoms with Gasteiger partial charge in [0.2, 0.25) is 0 Å². The number of halogens is 4. The first-order chi connectivity index (χ1) is 7.97. The molecule has 0 aliphatic heterocycles. The lowest BCUT2D eigenvalue weighted by atomic mass is 10.1. The first kappa shape index (κ1) is 13.4. The Morgan fingerprint density at radius 2 is 2.12 bits per heavy atom. The minimum atomic E-state index is -3.09. The first-order valence-electron chi connectivity index (χ1n) is 4.73. The number of pyridine rings is 1. The lowest BCUT2D eigenvalue weighted by molar-refractivity contribution is -0.142. The summed E-state index contributed by atoms with van der Waals surface area (Å²) in [6, 6.07) is 0. The predicted octanol–water partition coefficient (Wildman–Crippen LogP) is 2.40. The number of rotatable bonds is 4. The van der Waals surface area contributed by atoms with Crippen molar-refractivity contribution in [2.75, 3.05) is 6.61 Å². The zero-order chi connectivity index (χ0) is 13.0. The second-order valence-corrected chi connectivity index (χ2v) is 3.07. The van der Waals surface area contributed by atoms with Crippen LogP contribution in [-0.4, -0.2) is 17.6 Å². The van der Waals surface area contributed by atoms with Crippen LogP contribution in [0.1, 0.15) is 24.6 Å². The average molecular weight is 251 g/mol. The van der Waals surface area contributed by atoms with Gasteiger partial charge in [0, 0.05) is 5.56 Å². The SMILES string of the molecule is CCOC(=O)Cc1c(C(F)F)ncc(F)c1F. The van der Waals surface area contributed by atoms with Crippen LogP contribution in [-0.2, 0) is 16.0 Å². The van der Waals surface area contributed by atoms with Gasteiger partial charge in [0.05, 0.1) is 19.2 Å². The Kier molecular flexibility index (Phi) is 4.42. The van der Waals surface area contributed by atoms with Crippen molar-refractivity contribution in [1.29, 1.82) is 0 Å². The number of carbonyl (C=O) groups excluding carboxylic acids is 1. The van der Waals surface area contributed by atoms with E-state index in [1.165, 1.54) is 6.92 Å². The Balaban J connectivity index is 3.10. The molecule has 0 fully saturated rings. The summed E-state index contributed by atoms with van der Waals surface area (Å²) in [5.41, 5.74) is -1.71. The summed E-state index contributed by atoms with van der Waals surface area (Å²) >= 11 is 0. The van der Waals surface area contributed by atoms with Gasteiger partial charge in [0.15, 0.2) is 11.6 Å². The van der Waals surface area contributed by atoms with Crippen LogP contribution in [0.15, 0.2) is 6.20 Å². The van der Waals surface area contributed by atoms with Crippen LogP contribution in [0.5, 0.6) is 0 Å². The molecule has 1 rings (SSSR count). The molecule has 0 atom stereocenters. The molecule has 0 aliphatic carbocycles. The summed E-state index contributed by atoms with van der Waals surface area (Å²) < 4.78 is 55.5. The van der Waals surface area contributed by atoms with Crippen LogP contribution in [0.25, 0.3) is 0 Å². The minimum absolute atomic E-state index is 0.0210. The third-order valence-electron chi connectivity index (χ3n) is 1.93. The topological polar surface area (TPSA) is 39.2 Å². The second kappa shape index (κ2) is 5.60. The van der Waals surface area contributed by atoms with Crippen molar-refractivity contribution in [3.05, 3.63) is 29.1 Å². The maximum Gasteiger partial charge on any atom is 0.310 e. The van der Waals surface area contributed by atoms with Crippen molar-refractivity contribution in [1.82, 2.24) is 4.98 Å². The summed E-state index contributed by atoms with van der Waals surface area (Å²) in [7, 11) is 0. The Labute approximate surface area is 94.4 Å². The molecule has 17 heavy (non-hydrogen) atoms. The van der Waals surface area contributed by atoms with E-state index < -0.39 is 41.7 Å². The molecular weight excluding hydrogens is 242 g/mol. The highest BCUT2D eigenvalue weighted by Gasteiger charge is 2.23. The van der Waals surface area contributed by atoms with Gasteiger partial charge in [-0.1, -0.05) is 0 Å². The standard InChI is InChI=1S/C10H9F4NO2/c1-2-17-7(16)3-5-8(12)6(11)4-15-9(5)10(13)14/h4,10H,2-3H2,1H3. The van der Waals surface area contributed by atoms with E-state index in [1.807, 2.05) is 0 Å². The highest BCUT2D eigenvalue weighted by Crippen LogP contribution is 2.24. The first-order valence-corrected chi connectivity index (χ1v) is 4.73. The second-order valence-electron chi connectivity index (χ2n) is 3.07. The molecule has 0 bridgehead atoms. The molecule has 0 aromatic carbocycles. The van der Waals surface area contributed by atoms with Crippen molar-refractivity contribution in [3.63, 3.8) is 0 Å². The summed E-state index contributed by atoms with van der Waals surface area (Å²) in [5, 5.41) is 0. The van der Waals surface area contributed by atoms with Gasteiger partial charge in [-0.05, 0) is 6.92 Å². The molecule has 3 nitrogen and oxygen atoms in total. The van der Waals surface area contributed by atoms with Gasteiger partial charge >= 0.3 is 5.97 Å². The summed E-state index contributed by atoms with van der Waals surface area (Å²) in [6.07, 6.45) is -3.51. The molecule has 0 amide bonds. The van der Waals surface area contributed by atoms with Crippen LogP contribution in [0.3, 0.4) is 0 Å². The van der Waals surface area contributed by atoms with Gasteiger partial charge in [0.25, 0.3) is 6.43 Å². The van der Waals surface area contributed by atoms with Crippen LogP contribution < -0.4 is 0 Å². The summed E-state index contributed by atoms with van der Waals surface area (Å²) in [4.78, 5) is 14.1. The molecule has 94 valence electrons. The fourth-order valence-electron chi connectivity index (χ4n) is 1.23. The van der Waals surface area contributed by atoms with Crippen molar-refractivity contribution in [2.45, 2.75) is 19.8 Å². The van der Waals surface area contributed by atoms with Crippen molar-refractivity contribution in [3.8, 4) is 0 Å². The quantitative estimate of drug-likeness (QED) is 0.609. The largest absolute Gasteiger partial charge is 0.466 e. The van der Waals surface area contributed by atoms with Crippen LogP contribution in [0, 0.1) is 11.6 Å². The molecule has 0 saturated heterocycles. The van der Waals surface area contributed by atoms with E-state index in [9.17, 15) is 22.4 Å². The molecule has 0 radical (unpaired) electrons. The lowest BCUT2D eigenvalue weighted by Gasteiger charge is -2.09. The summed E-state index contributed by atoms with van der Waals surface area (Å²) in [5.74, 6) is -3.79. The van der Waals surface area contributed by atoms with Crippen molar-refractivity contribution < 1.29 is 27.1 Å². The van der Waals surface area contributed by atoms with E-state index >= 15 is 0 Å². The van der Waals surface area contributed by atoms with E-state index in [2.05, 4.69) is 9.72 Å². The van der Waals surface area contributed by atoms with Crippen LogP contribution in [0.4, 0.5) is 17.6 Å². The van der Waals surface area contributed by atoms with E-state index in [-0.39, 0.29) is 6.61 Å². The zero-order valence-electron chi connectivity index (χ0n) is 8.84. The van der Waals surface area contributed by atoms with E-state index in [0.29, 0.717) is 6.20 Å². The van der Waals surface area contributed by atoms with Gasteiger partial charge in [-0.2, -0.15) is 0 Å². The Hall–Kier alpha value is -1.66. The van der Waals surface area contributed by atoms with Gasteiger partial charge in [-0.25, -0.2) is 17.6 Å². The highest BCUT2D eigenvalue weighted by molar-refractivity contribution is 5.73. The summed E-state index contributed by atoms with van der Waals surface area (Å²) in [6.45, 7) is 1.53.